The molecule has 0 saturated heterocycles. The fourth-order valence-electron chi connectivity index (χ4n) is 3.14. The Morgan fingerprint density at radius 1 is 0.967 bits per heavy atom. The second-order valence-electron chi connectivity index (χ2n) is 6.74. The van der Waals surface area contributed by atoms with E-state index in [0.29, 0.717) is 13.1 Å². The molecular formula is C22H24N8. The summed E-state index contributed by atoms with van der Waals surface area (Å²) in [5.74, 6) is 1.58. The number of hydrogen-bond donors (Lipinski definition) is 2. The summed E-state index contributed by atoms with van der Waals surface area (Å²) in [6.45, 7) is 2.05. The van der Waals surface area contributed by atoms with Gasteiger partial charge in [0, 0.05) is 51.1 Å². The Kier molecular flexibility index (Phi) is 6.14. The minimum atomic E-state index is 0.638. The van der Waals surface area contributed by atoms with Gasteiger partial charge in [0.05, 0.1) is 6.54 Å². The predicted octanol–water partition coefficient (Wildman–Crippen LogP) is 2.38. The molecule has 0 aliphatic carbocycles. The molecule has 0 spiro atoms. The number of pyridine rings is 1. The van der Waals surface area contributed by atoms with E-state index in [1.165, 1.54) is 11.1 Å². The molecule has 3 aromatic heterocycles. The van der Waals surface area contributed by atoms with Crippen molar-refractivity contribution in [3.63, 3.8) is 0 Å². The fraction of sp³-hybridized carbons (Fsp3) is 0.182. The molecule has 4 rings (SSSR count). The highest BCUT2D eigenvalue weighted by atomic mass is 15.3. The van der Waals surface area contributed by atoms with Gasteiger partial charge in [0.2, 0.25) is 0 Å². The van der Waals surface area contributed by atoms with Crippen LogP contribution in [0.3, 0.4) is 0 Å². The third-order valence-corrected chi connectivity index (χ3v) is 4.72. The van der Waals surface area contributed by atoms with Crippen molar-refractivity contribution in [3.05, 3.63) is 96.5 Å². The number of nitrogens with zero attached hydrogens (tertiary/aromatic N) is 6. The smallest absolute Gasteiger partial charge is 0.191 e. The van der Waals surface area contributed by atoms with Crippen LogP contribution in [0.25, 0.3) is 5.82 Å². The molecule has 0 unspecified atom stereocenters. The number of nitrogens with one attached hydrogen (secondary N) is 2. The molecule has 3 heterocycles. The van der Waals surface area contributed by atoms with Gasteiger partial charge in [-0.05, 0) is 34.9 Å². The van der Waals surface area contributed by atoms with Crippen LogP contribution in [0.2, 0.25) is 0 Å². The maximum absolute atomic E-state index is 4.39. The van der Waals surface area contributed by atoms with Crippen molar-refractivity contribution >= 4 is 5.96 Å². The third-order valence-electron chi connectivity index (χ3n) is 4.72. The zero-order valence-corrected chi connectivity index (χ0v) is 16.8. The van der Waals surface area contributed by atoms with Crippen LogP contribution in [0.15, 0.2) is 84.8 Å². The molecule has 0 aliphatic rings. The lowest BCUT2D eigenvalue weighted by atomic mass is 10.1. The first-order chi connectivity index (χ1) is 14.8. The third kappa shape index (κ3) is 4.91. The van der Waals surface area contributed by atoms with Gasteiger partial charge in [0.25, 0.3) is 0 Å². The quantitative estimate of drug-likeness (QED) is 0.368. The van der Waals surface area contributed by atoms with E-state index in [4.69, 9.17) is 0 Å². The molecule has 0 atom stereocenters. The summed E-state index contributed by atoms with van der Waals surface area (Å²) in [4.78, 5) is 12.8. The molecule has 0 fully saturated rings. The molecule has 0 radical (unpaired) electrons. The molecule has 0 amide bonds. The molecule has 0 bridgehead atoms. The van der Waals surface area contributed by atoms with E-state index < -0.39 is 0 Å². The van der Waals surface area contributed by atoms with Crippen molar-refractivity contribution in [2.24, 2.45) is 4.99 Å². The van der Waals surface area contributed by atoms with Crippen LogP contribution < -0.4 is 10.6 Å². The van der Waals surface area contributed by atoms with Gasteiger partial charge in [-0.3, -0.25) is 14.2 Å². The van der Waals surface area contributed by atoms with E-state index in [9.17, 15) is 0 Å². The highest BCUT2D eigenvalue weighted by Gasteiger charge is 2.05. The minimum Gasteiger partial charge on any atom is -0.352 e. The molecule has 1 aromatic carbocycles. The van der Waals surface area contributed by atoms with Crippen molar-refractivity contribution in [2.45, 2.75) is 19.6 Å². The zero-order chi connectivity index (χ0) is 20.6. The Morgan fingerprint density at radius 2 is 1.83 bits per heavy atom. The largest absolute Gasteiger partial charge is 0.352 e. The SMILES string of the molecule is CN=C(NCc1ccnc(-n2ccnc2)c1)NCc1ccccc1Cn1cccn1. The van der Waals surface area contributed by atoms with Gasteiger partial charge in [-0.1, -0.05) is 24.3 Å². The summed E-state index contributed by atoms with van der Waals surface area (Å²) in [7, 11) is 1.77. The van der Waals surface area contributed by atoms with Crippen LogP contribution in [0.5, 0.6) is 0 Å². The van der Waals surface area contributed by atoms with Crippen molar-refractivity contribution in [2.75, 3.05) is 7.05 Å². The van der Waals surface area contributed by atoms with Crippen molar-refractivity contribution in [1.82, 2.24) is 34.9 Å². The van der Waals surface area contributed by atoms with Gasteiger partial charge in [0.1, 0.15) is 12.1 Å². The van der Waals surface area contributed by atoms with Gasteiger partial charge in [-0.15, -0.1) is 0 Å². The van der Waals surface area contributed by atoms with E-state index in [-0.39, 0.29) is 0 Å². The summed E-state index contributed by atoms with van der Waals surface area (Å²) in [5, 5.41) is 11.1. The van der Waals surface area contributed by atoms with E-state index >= 15 is 0 Å². The Hall–Kier alpha value is -3.94. The number of rotatable bonds is 7. The average Bonchev–Trinajstić information content (AvgIpc) is 3.50. The van der Waals surface area contributed by atoms with E-state index in [1.807, 2.05) is 45.9 Å². The maximum atomic E-state index is 4.39. The average molecular weight is 400 g/mol. The second-order valence-corrected chi connectivity index (χ2v) is 6.74. The zero-order valence-electron chi connectivity index (χ0n) is 16.8. The lowest BCUT2D eigenvalue weighted by molar-refractivity contribution is 0.677. The Morgan fingerprint density at radius 3 is 2.60 bits per heavy atom. The molecule has 8 nitrogen and oxygen atoms in total. The van der Waals surface area contributed by atoms with Gasteiger partial charge >= 0.3 is 0 Å². The molecule has 152 valence electrons. The number of aliphatic imine (C=N–C) groups is 1. The summed E-state index contributed by atoms with van der Waals surface area (Å²) >= 11 is 0. The molecular weight excluding hydrogens is 376 g/mol. The molecule has 8 heteroatoms. The topological polar surface area (TPSA) is 85.0 Å². The lowest BCUT2D eigenvalue weighted by Gasteiger charge is -2.15. The van der Waals surface area contributed by atoms with Crippen molar-refractivity contribution in [3.8, 4) is 5.82 Å². The standard InChI is InChI=1S/C22H24N8/c1-23-22(26-14-18-7-9-25-21(13-18)29-12-10-24-17-29)27-15-19-5-2-3-6-20(19)16-30-11-4-8-28-30/h2-13,17H,14-16H2,1H3,(H2,23,26,27). The fourth-order valence-corrected chi connectivity index (χ4v) is 3.14. The normalized spacial score (nSPS) is 11.4. The molecule has 0 aliphatic heterocycles. The second kappa shape index (κ2) is 9.51. The monoisotopic (exact) mass is 400 g/mol. The molecule has 4 aromatic rings. The van der Waals surface area contributed by atoms with Crippen LogP contribution in [-0.2, 0) is 19.6 Å². The van der Waals surface area contributed by atoms with Crippen LogP contribution in [0.1, 0.15) is 16.7 Å². The maximum Gasteiger partial charge on any atom is 0.191 e. The number of guanidine groups is 1. The summed E-state index contributed by atoms with van der Waals surface area (Å²) in [6, 6.07) is 14.3. The highest BCUT2D eigenvalue weighted by molar-refractivity contribution is 5.79. The van der Waals surface area contributed by atoms with Crippen molar-refractivity contribution < 1.29 is 0 Å². The summed E-state index contributed by atoms with van der Waals surface area (Å²) in [6.07, 6.45) is 10.9. The van der Waals surface area contributed by atoms with Crippen LogP contribution >= 0.6 is 0 Å². The molecule has 0 saturated carbocycles. The minimum absolute atomic E-state index is 0.638. The van der Waals surface area contributed by atoms with Crippen LogP contribution in [-0.4, -0.2) is 37.3 Å². The van der Waals surface area contributed by atoms with E-state index in [0.717, 1.165) is 23.9 Å². The van der Waals surface area contributed by atoms with Crippen LogP contribution in [0.4, 0.5) is 0 Å². The van der Waals surface area contributed by atoms with Gasteiger partial charge in [-0.25, -0.2) is 9.97 Å². The number of benzene rings is 1. The highest BCUT2D eigenvalue weighted by Crippen LogP contribution is 2.10. The Balaban J connectivity index is 1.36. The number of aromatic nitrogens is 5. The van der Waals surface area contributed by atoms with Crippen LogP contribution in [0, 0.1) is 0 Å². The Labute approximate surface area is 175 Å². The van der Waals surface area contributed by atoms with E-state index in [2.05, 4.69) is 48.9 Å². The number of hydrogen-bond acceptors (Lipinski definition) is 4. The summed E-state index contributed by atoms with van der Waals surface area (Å²) < 4.78 is 3.81. The Bertz CT molecular complexity index is 1080. The first kappa shape index (κ1) is 19.4. The molecule has 2 N–H and O–H groups in total. The summed E-state index contributed by atoms with van der Waals surface area (Å²) in [5.41, 5.74) is 3.54. The van der Waals surface area contributed by atoms with Gasteiger partial charge in [-0.2, -0.15) is 5.10 Å². The number of imidazole rings is 1. The first-order valence-corrected chi connectivity index (χ1v) is 9.74. The lowest BCUT2D eigenvalue weighted by Crippen LogP contribution is -2.36. The van der Waals surface area contributed by atoms with Gasteiger partial charge in [0.15, 0.2) is 5.96 Å². The van der Waals surface area contributed by atoms with E-state index in [1.54, 1.807) is 32.0 Å². The first-order valence-electron chi connectivity index (χ1n) is 9.74. The van der Waals surface area contributed by atoms with Gasteiger partial charge < -0.3 is 10.6 Å². The van der Waals surface area contributed by atoms with Crippen molar-refractivity contribution in [1.29, 1.82) is 0 Å². The molecule has 30 heavy (non-hydrogen) atoms. The predicted molar refractivity (Wildman–Crippen MR) is 116 cm³/mol.